The number of aromatic nitrogens is 1. The summed E-state index contributed by atoms with van der Waals surface area (Å²) in [5, 5.41) is 3.60. The van der Waals surface area contributed by atoms with Crippen molar-refractivity contribution in [3.05, 3.63) is 82.9 Å². The second-order valence-corrected chi connectivity index (χ2v) is 7.35. The van der Waals surface area contributed by atoms with E-state index in [0.29, 0.717) is 5.13 Å². The van der Waals surface area contributed by atoms with Gasteiger partial charge in [-0.1, -0.05) is 60.7 Å². The Balaban J connectivity index is 1.69. The average Bonchev–Trinajstić information content (AvgIpc) is 3.03. The van der Waals surface area contributed by atoms with Crippen LogP contribution in [0.2, 0.25) is 0 Å². The molecule has 0 spiro atoms. The van der Waals surface area contributed by atoms with Crippen molar-refractivity contribution in [3.63, 3.8) is 0 Å². The van der Waals surface area contributed by atoms with Gasteiger partial charge in [-0.05, 0) is 25.0 Å². The molecule has 0 saturated heterocycles. The number of anilines is 1. The molecule has 0 saturated carbocycles. The van der Waals surface area contributed by atoms with Crippen molar-refractivity contribution in [1.29, 1.82) is 0 Å². The highest BCUT2D eigenvalue weighted by Crippen LogP contribution is 2.27. The summed E-state index contributed by atoms with van der Waals surface area (Å²) in [6, 6.07) is 20.1. The second-order valence-electron chi connectivity index (χ2n) is 6.24. The highest BCUT2D eigenvalue weighted by molar-refractivity contribution is 7.15. The number of carbonyl (C=O) groups is 1. The van der Waals surface area contributed by atoms with E-state index in [0.717, 1.165) is 16.9 Å². The monoisotopic (exact) mass is 336 g/mol. The average molecular weight is 336 g/mol. The van der Waals surface area contributed by atoms with E-state index in [4.69, 9.17) is 0 Å². The van der Waals surface area contributed by atoms with Crippen LogP contribution in [0.4, 0.5) is 5.13 Å². The van der Waals surface area contributed by atoms with Gasteiger partial charge in [-0.2, -0.15) is 0 Å². The van der Waals surface area contributed by atoms with Crippen molar-refractivity contribution in [2.75, 3.05) is 5.32 Å². The quantitative estimate of drug-likeness (QED) is 0.737. The predicted molar refractivity (Wildman–Crippen MR) is 99.5 cm³/mol. The third-order valence-electron chi connectivity index (χ3n) is 4.06. The molecule has 3 rings (SSSR count). The lowest BCUT2D eigenvalue weighted by Crippen LogP contribution is -2.34. The molecule has 3 aromatic rings. The molecule has 0 fully saturated rings. The normalized spacial score (nSPS) is 11.2. The Kier molecular flexibility index (Phi) is 4.76. The summed E-state index contributed by atoms with van der Waals surface area (Å²) in [6.45, 7) is 3.85. The summed E-state index contributed by atoms with van der Waals surface area (Å²) in [4.78, 5) is 18.1. The molecule has 4 heteroatoms. The Labute approximate surface area is 146 Å². The molecule has 0 bridgehead atoms. The van der Waals surface area contributed by atoms with Crippen molar-refractivity contribution >= 4 is 22.4 Å². The van der Waals surface area contributed by atoms with Crippen LogP contribution in [0.25, 0.3) is 0 Å². The van der Waals surface area contributed by atoms with Gasteiger partial charge < -0.3 is 5.32 Å². The van der Waals surface area contributed by atoms with Crippen molar-refractivity contribution in [2.45, 2.75) is 25.7 Å². The van der Waals surface area contributed by atoms with Gasteiger partial charge in [-0.3, -0.25) is 4.79 Å². The Morgan fingerprint density at radius 1 is 1.04 bits per heavy atom. The van der Waals surface area contributed by atoms with E-state index in [9.17, 15) is 4.79 Å². The second kappa shape index (κ2) is 6.97. The summed E-state index contributed by atoms with van der Waals surface area (Å²) in [7, 11) is 0. The zero-order valence-electron chi connectivity index (χ0n) is 13.8. The number of nitrogens with zero attached hydrogens (tertiary/aromatic N) is 1. The summed E-state index contributed by atoms with van der Waals surface area (Å²) in [5.41, 5.74) is 1.62. The third kappa shape index (κ3) is 3.71. The van der Waals surface area contributed by atoms with Crippen LogP contribution in [-0.4, -0.2) is 10.9 Å². The lowest BCUT2D eigenvalue weighted by Gasteiger charge is -2.23. The molecule has 0 aliphatic carbocycles. The Bertz CT molecular complexity index is 810. The minimum atomic E-state index is -0.605. The maximum Gasteiger partial charge on any atom is 0.236 e. The highest BCUT2D eigenvalue weighted by atomic mass is 32.1. The van der Waals surface area contributed by atoms with Crippen LogP contribution in [0.3, 0.4) is 0 Å². The van der Waals surface area contributed by atoms with Gasteiger partial charge in [0.05, 0.1) is 5.41 Å². The van der Waals surface area contributed by atoms with Crippen molar-refractivity contribution in [2.24, 2.45) is 0 Å². The first-order valence-electron chi connectivity index (χ1n) is 7.91. The van der Waals surface area contributed by atoms with Crippen LogP contribution >= 0.6 is 11.3 Å². The molecule has 0 atom stereocenters. The molecule has 122 valence electrons. The van der Waals surface area contributed by atoms with Gasteiger partial charge in [0.25, 0.3) is 0 Å². The van der Waals surface area contributed by atoms with Gasteiger partial charge in [0.1, 0.15) is 0 Å². The summed E-state index contributed by atoms with van der Waals surface area (Å²) >= 11 is 1.52. The lowest BCUT2D eigenvalue weighted by molar-refractivity contribution is -0.120. The van der Waals surface area contributed by atoms with Gasteiger partial charge in [-0.25, -0.2) is 4.98 Å². The van der Waals surface area contributed by atoms with Crippen LogP contribution in [0.5, 0.6) is 0 Å². The van der Waals surface area contributed by atoms with Crippen LogP contribution in [0.15, 0.2) is 66.9 Å². The van der Waals surface area contributed by atoms with Crippen LogP contribution in [0, 0.1) is 0 Å². The van der Waals surface area contributed by atoms with Gasteiger partial charge in [0, 0.05) is 17.5 Å². The van der Waals surface area contributed by atoms with Crippen LogP contribution in [-0.2, 0) is 16.6 Å². The number of rotatable bonds is 5. The molecule has 1 N–H and O–H groups in total. The minimum Gasteiger partial charge on any atom is -0.301 e. The van der Waals surface area contributed by atoms with Gasteiger partial charge in [0.2, 0.25) is 5.91 Å². The predicted octanol–water partition coefficient (Wildman–Crippen LogP) is 4.65. The fraction of sp³-hybridized carbons (Fsp3) is 0.200. The number of benzene rings is 2. The zero-order chi connectivity index (χ0) is 17.0. The van der Waals surface area contributed by atoms with E-state index < -0.39 is 5.41 Å². The molecule has 0 aliphatic rings. The first-order valence-corrected chi connectivity index (χ1v) is 8.73. The molecule has 1 amide bonds. The standard InChI is InChI=1S/C20H20N2OS/c1-20(2,16-11-7-4-8-12-16)18(23)22-19-21-14-17(24-19)13-15-9-5-3-6-10-15/h3-12,14H,13H2,1-2H3,(H,21,22,23). The van der Waals surface area contributed by atoms with Crippen molar-refractivity contribution < 1.29 is 4.79 Å². The number of carbonyl (C=O) groups excluding carboxylic acids is 1. The topological polar surface area (TPSA) is 42.0 Å². The molecule has 0 unspecified atom stereocenters. The lowest BCUT2D eigenvalue weighted by atomic mass is 9.84. The fourth-order valence-electron chi connectivity index (χ4n) is 2.48. The summed E-state index contributed by atoms with van der Waals surface area (Å²) in [5.74, 6) is -0.0469. The highest BCUT2D eigenvalue weighted by Gasteiger charge is 2.30. The van der Waals surface area contributed by atoms with Crippen molar-refractivity contribution in [1.82, 2.24) is 4.98 Å². The summed E-state index contributed by atoms with van der Waals surface area (Å²) in [6.07, 6.45) is 2.67. The van der Waals surface area contributed by atoms with Crippen LogP contribution < -0.4 is 5.32 Å². The molecule has 3 nitrogen and oxygen atoms in total. The third-order valence-corrected chi connectivity index (χ3v) is 4.97. The minimum absolute atomic E-state index is 0.0469. The van der Waals surface area contributed by atoms with E-state index in [1.54, 1.807) is 0 Å². The smallest absolute Gasteiger partial charge is 0.236 e. The van der Waals surface area contributed by atoms with Gasteiger partial charge in [-0.15, -0.1) is 11.3 Å². The number of nitrogens with one attached hydrogen (secondary N) is 1. The molecular formula is C20H20N2OS. The molecule has 24 heavy (non-hydrogen) atoms. The molecule has 1 heterocycles. The summed E-state index contributed by atoms with van der Waals surface area (Å²) < 4.78 is 0. The van der Waals surface area contributed by atoms with Crippen molar-refractivity contribution in [3.8, 4) is 0 Å². The maximum atomic E-state index is 12.7. The maximum absolute atomic E-state index is 12.7. The number of hydrogen-bond donors (Lipinski definition) is 1. The SMILES string of the molecule is CC(C)(C(=O)Nc1ncc(Cc2ccccc2)s1)c1ccccc1. The molecular weight excluding hydrogens is 316 g/mol. The zero-order valence-corrected chi connectivity index (χ0v) is 14.6. The molecule has 0 aliphatic heterocycles. The Morgan fingerprint density at radius 2 is 1.67 bits per heavy atom. The largest absolute Gasteiger partial charge is 0.301 e. The number of amides is 1. The van der Waals surface area contributed by atoms with E-state index in [2.05, 4.69) is 22.4 Å². The molecule has 0 radical (unpaired) electrons. The Morgan fingerprint density at radius 3 is 2.33 bits per heavy atom. The number of hydrogen-bond acceptors (Lipinski definition) is 3. The van der Waals surface area contributed by atoms with E-state index in [-0.39, 0.29) is 5.91 Å². The molecule has 2 aromatic carbocycles. The van der Waals surface area contributed by atoms with Gasteiger partial charge >= 0.3 is 0 Å². The first-order chi connectivity index (χ1) is 11.6. The van der Waals surface area contributed by atoms with E-state index in [1.165, 1.54) is 16.9 Å². The van der Waals surface area contributed by atoms with E-state index in [1.807, 2.05) is 68.6 Å². The van der Waals surface area contributed by atoms with E-state index >= 15 is 0 Å². The molecule has 1 aromatic heterocycles. The van der Waals surface area contributed by atoms with Gasteiger partial charge in [0.15, 0.2) is 5.13 Å². The number of thiazole rings is 1. The fourth-order valence-corrected chi connectivity index (χ4v) is 3.33. The van der Waals surface area contributed by atoms with Crippen LogP contribution in [0.1, 0.15) is 29.9 Å². The Hall–Kier alpha value is -2.46. The first kappa shape index (κ1) is 16.4.